The molecule has 0 aromatic heterocycles. The van der Waals surface area contributed by atoms with E-state index in [4.69, 9.17) is 5.11 Å². The van der Waals surface area contributed by atoms with Gasteiger partial charge in [-0.25, -0.2) is 0 Å². The molecule has 0 aliphatic carbocycles. The number of carboxylic acid groups (broad SMARTS) is 1. The molecule has 1 fully saturated rings. The first-order chi connectivity index (χ1) is 9.06. The van der Waals surface area contributed by atoms with Crippen molar-refractivity contribution in [1.82, 2.24) is 9.80 Å². The first-order valence-corrected chi connectivity index (χ1v) is 7.13. The molecule has 1 heterocycles. The molecule has 19 heavy (non-hydrogen) atoms. The van der Waals surface area contributed by atoms with Gasteiger partial charge in [0.1, 0.15) is 0 Å². The Hall–Kier alpha value is -1.15. The highest BCUT2D eigenvalue weighted by atomic mass is 127. The SMILES string of the molecule is O=C(O)CN1CCN(C(=O)c2cccc(I)c2)CC1. The summed E-state index contributed by atoms with van der Waals surface area (Å²) in [5, 5.41) is 8.73. The Balaban J connectivity index is 1.94. The number of halogens is 1. The van der Waals surface area contributed by atoms with E-state index in [0.717, 1.165) is 3.57 Å². The van der Waals surface area contributed by atoms with Gasteiger partial charge in [-0.05, 0) is 40.8 Å². The minimum Gasteiger partial charge on any atom is -0.480 e. The van der Waals surface area contributed by atoms with Crippen molar-refractivity contribution >= 4 is 34.5 Å². The van der Waals surface area contributed by atoms with E-state index in [0.29, 0.717) is 31.7 Å². The fourth-order valence-corrected chi connectivity index (χ4v) is 2.65. The maximum atomic E-state index is 12.3. The van der Waals surface area contributed by atoms with Crippen molar-refractivity contribution in [2.24, 2.45) is 0 Å². The molecule has 0 saturated carbocycles. The third-order valence-corrected chi connectivity index (χ3v) is 3.76. The van der Waals surface area contributed by atoms with Crippen LogP contribution in [0.4, 0.5) is 0 Å². The van der Waals surface area contributed by atoms with E-state index in [1.165, 1.54) is 0 Å². The molecule has 1 N–H and O–H groups in total. The van der Waals surface area contributed by atoms with E-state index >= 15 is 0 Å². The highest BCUT2D eigenvalue weighted by Gasteiger charge is 2.23. The summed E-state index contributed by atoms with van der Waals surface area (Å²) in [7, 11) is 0. The van der Waals surface area contributed by atoms with Crippen LogP contribution in [0.3, 0.4) is 0 Å². The summed E-state index contributed by atoms with van der Waals surface area (Å²) in [6, 6.07) is 7.50. The predicted molar refractivity (Wildman–Crippen MR) is 79.1 cm³/mol. The summed E-state index contributed by atoms with van der Waals surface area (Å²) in [5.74, 6) is -0.800. The lowest BCUT2D eigenvalue weighted by atomic mass is 10.2. The van der Waals surface area contributed by atoms with Gasteiger partial charge in [0.05, 0.1) is 6.54 Å². The number of piperazine rings is 1. The van der Waals surface area contributed by atoms with Crippen molar-refractivity contribution < 1.29 is 14.7 Å². The molecular formula is C13H15IN2O3. The second-order valence-corrected chi connectivity index (χ2v) is 5.72. The van der Waals surface area contributed by atoms with Crippen molar-refractivity contribution in [2.75, 3.05) is 32.7 Å². The summed E-state index contributed by atoms with van der Waals surface area (Å²) in [5.41, 5.74) is 0.693. The van der Waals surface area contributed by atoms with Crippen LogP contribution in [0, 0.1) is 3.57 Å². The first kappa shape index (κ1) is 14.3. The second-order valence-electron chi connectivity index (χ2n) is 4.47. The van der Waals surface area contributed by atoms with Gasteiger partial charge in [0.15, 0.2) is 0 Å². The molecule has 0 atom stereocenters. The lowest BCUT2D eigenvalue weighted by Gasteiger charge is -2.33. The predicted octanol–water partition coefficient (Wildman–Crippen LogP) is 1.13. The molecule has 102 valence electrons. The zero-order valence-corrected chi connectivity index (χ0v) is 12.5. The molecular weight excluding hydrogens is 359 g/mol. The van der Waals surface area contributed by atoms with Gasteiger partial charge in [-0.3, -0.25) is 14.5 Å². The molecule has 0 bridgehead atoms. The third kappa shape index (κ3) is 3.90. The first-order valence-electron chi connectivity index (χ1n) is 6.05. The average molecular weight is 374 g/mol. The zero-order chi connectivity index (χ0) is 13.8. The fourth-order valence-electron chi connectivity index (χ4n) is 2.10. The Morgan fingerprint density at radius 2 is 1.89 bits per heavy atom. The molecule has 1 aromatic carbocycles. The van der Waals surface area contributed by atoms with Crippen LogP contribution in [0.15, 0.2) is 24.3 Å². The van der Waals surface area contributed by atoms with E-state index in [2.05, 4.69) is 22.6 Å². The van der Waals surface area contributed by atoms with Crippen LogP contribution >= 0.6 is 22.6 Å². The average Bonchev–Trinajstić information content (AvgIpc) is 2.38. The van der Waals surface area contributed by atoms with Crippen LogP contribution in [0.25, 0.3) is 0 Å². The topological polar surface area (TPSA) is 60.9 Å². The summed E-state index contributed by atoms with van der Waals surface area (Å²) >= 11 is 2.18. The molecule has 0 radical (unpaired) electrons. The zero-order valence-electron chi connectivity index (χ0n) is 10.4. The van der Waals surface area contributed by atoms with Crippen molar-refractivity contribution in [2.45, 2.75) is 0 Å². The molecule has 0 unspecified atom stereocenters. The lowest BCUT2D eigenvalue weighted by Crippen LogP contribution is -2.49. The van der Waals surface area contributed by atoms with E-state index in [1.54, 1.807) is 4.90 Å². The van der Waals surface area contributed by atoms with E-state index < -0.39 is 5.97 Å². The number of hydrogen-bond acceptors (Lipinski definition) is 3. The highest BCUT2D eigenvalue weighted by Crippen LogP contribution is 2.12. The van der Waals surface area contributed by atoms with Gasteiger partial charge in [-0.1, -0.05) is 6.07 Å². The van der Waals surface area contributed by atoms with Crippen LogP contribution in [0.5, 0.6) is 0 Å². The Bertz CT molecular complexity index is 485. The Kier molecular flexibility index (Phi) is 4.76. The smallest absolute Gasteiger partial charge is 0.317 e. The van der Waals surface area contributed by atoms with Gasteiger partial charge in [0, 0.05) is 35.3 Å². The van der Waals surface area contributed by atoms with Crippen LogP contribution in [0.2, 0.25) is 0 Å². The number of aliphatic carboxylic acids is 1. The van der Waals surface area contributed by atoms with Crippen LogP contribution < -0.4 is 0 Å². The number of carbonyl (C=O) groups is 2. The molecule has 1 aromatic rings. The normalized spacial score (nSPS) is 16.4. The van der Waals surface area contributed by atoms with Crippen LogP contribution in [-0.4, -0.2) is 59.5 Å². The minimum absolute atomic E-state index is 0.0218. The molecule has 0 spiro atoms. The van der Waals surface area contributed by atoms with Crippen LogP contribution in [0.1, 0.15) is 10.4 Å². The molecule has 1 saturated heterocycles. The quantitative estimate of drug-likeness (QED) is 0.807. The molecule has 5 nitrogen and oxygen atoms in total. The summed E-state index contributed by atoms with van der Waals surface area (Å²) in [6.07, 6.45) is 0. The number of amides is 1. The molecule has 6 heteroatoms. The monoisotopic (exact) mass is 374 g/mol. The second kappa shape index (κ2) is 6.33. The van der Waals surface area contributed by atoms with Crippen molar-refractivity contribution in [3.63, 3.8) is 0 Å². The highest BCUT2D eigenvalue weighted by molar-refractivity contribution is 14.1. The Morgan fingerprint density at radius 1 is 1.21 bits per heavy atom. The van der Waals surface area contributed by atoms with Gasteiger partial charge in [0.25, 0.3) is 5.91 Å². The third-order valence-electron chi connectivity index (χ3n) is 3.09. The van der Waals surface area contributed by atoms with Gasteiger partial charge in [0.2, 0.25) is 0 Å². The maximum absolute atomic E-state index is 12.3. The fraction of sp³-hybridized carbons (Fsp3) is 0.385. The molecule has 1 amide bonds. The summed E-state index contributed by atoms with van der Waals surface area (Å²) in [6.45, 7) is 2.43. The standard InChI is InChI=1S/C13H15IN2O3/c14-11-3-1-2-10(8-11)13(19)16-6-4-15(5-7-16)9-12(17)18/h1-3,8H,4-7,9H2,(H,17,18). The number of benzene rings is 1. The van der Waals surface area contributed by atoms with Gasteiger partial charge in [-0.2, -0.15) is 0 Å². The number of carbonyl (C=O) groups excluding carboxylic acids is 1. The van der Waals surface area contributed by atoms with Crippen molar-refractivity contribution in [3.05, 3.63) is 33.4 Å². The van der Waals surface area contributed by atoms with E-state index in [-0.39, 0.29) is 12.5 Å². The molecule has 1 aliphatic rings. The molecule has 1 aliphatic heterocycles. The Morgan fingerprint density at radius 3 is 2.47 bits per heavy atom. The van der Waals surface area contributed by atoms with E-state index in [1.807, 2.05) is 29.2 Å². The maximum Gasteiger partial charge on any atom is 0.317 e. The summed E-state index contributed by atoms with van der Waals surface area (Å²) in [4.78, 5) is 26.5. The molecule has 2 rings (SSSR count). The largest absolute Gasteiger partial charge is 0.480 e. The van der Waals surface area contributed by atoms with Crippen LogP contribution in [-0.2, 0) is 4.79 Å². The number of nitrogens with zero attached hydrogens (tertiary/aromatic N) is 2. The van der Waals surface area contributed by atoms with E-state index in [9.17, 15) is 9.59 Å². The summed E-state index contributed by atoms with van der Waals surface area (Å²) < 4.78 is 1.04. The Labute approximate surface area is 125 Å². The lowest BCUT2D eigenvalue weighted by molar-refractivity contribution is -0.138. The van der Waals surface area contributed by atoms with Gasteiger partial charge >= 0.3 is 5.97 Å². The van der Waals surface area contributed by atoms with Gasteiger partial charge < -0.3 is 10.0 Å². The number of hydrogen-bond donors (Lipinski definition) is 1. The minimum atomic E-state index is -0.822. The number of rotatable bonds is 3. The van der Waals surface area contributed by atoms with Crippen molar-refractivity contribution in [1.29, 1.82) is 0 Å². The van der Waals surface area contributed by atoms with Crippen molar-refractivity contribution in [3.8, 4) is 0 Å². The van der Waals surface area contributed by atoms with Gasteiger partial charge in [-0.15, -0.1) is 0 Å². The number of carboxylic acids is 1.